The van der Waals surface area contributed by atoms with Crippen molar-refractivity contribution >= 4 is 15.7 Å². The second kappa shape index (κ2) is 6.39. The third-order valence-electron chi connectivity index (χ3n) is 4.45. The minimum atomic E-state index is -3.34. The first-order chi connectivity index (χ1) is 11.4. The number of nitrogens with zero attached hydrogens (tertiary/aromatic N) is 3. The van der Waals surface area contributed by atoms with Crippen LogP contribution in [0.5, 0.6) is 0 Å². The molecule has 0 unspecified atom stereocenters. The summed E-state index contributed by atoms with van der Waals surface area (Å²) in [7, 11) is -3.34. The van der Waals surface area contributed by atoms with Crippen molar-refractivity contribution in [3.8, 4) is 0 Å². The van der Waals surface area contributed by atoms with E-state index < -0.39 is 9.84 Å². The highest BCUT2D eigenvalue weighted by Crippen LogP contribution is 2.24. The van der Waals surface area contributed by atoms with Crippen molar-refractivity contribution < 1.29 is 13.2 Å². The molecule has 24 heavy (non-hydrogen) atoms. The fourth-order valence-electron chi connectivity index (χ4n) is 3.08. The van der Waals surface area contributed by atoms with E-state index in [4.69, 9.17) is 0 Å². The Morgan fingerprint density at radius 3 is 2.79 bits per heavy atom. The first kappa shape index (κ1) is 16.7. The molecule has 0 bridgehead atoms. The van der Waals surface area contributed by atoms with E-state index in [1.807, 2.05) is 23.9 Å². The number of hydrogen-bond acceptors (Lipinski definition) is 4. The molecule has 1 aliphatic rings. The van der Waals surface area contributed by atoms with Crippen LogP contribution >= 0.6 is 0 Å². The van der Waals surface area contributed by atoms with E-state index >= 15 is 0 Å². The first-order valence-corrected chi connectivity index (χ1v) is 9.84. The molecule has 1 fully saturated rings. The Morgan fingerprint density at radius 1 is 1.33 bits per heavy atom. The summed E-state index contributed by atoms with van der Waals surface area (Å²) in [5.41, 5.74) is 1.24. The lowest BCUT2D eigenvalue weighted by atomic mass is 10.0. The standard InChI is InChI=1S/C17H21N3O3S/c1-13-6-7-15(24(2,22)23)11-16(13)17(21)19-9-3-5-14(12-19)20-10-4-8-18-20/h4,6-8,10-11,14H,3,5,9,12H2,1-2H3/t14-/m1/s1. The molecular weight excluding hydrogens is 326 g/mol. The molecule has 1 aromatic carbocycles. The van der Waals surface area contributed by atoms with Crippen molar-refractivity contribution in [3.05, 3.63) is 47.8 Å². The largest absolute Gasteiger partial charge is 0.336 e. The second-order valence-corrected chi connectivity index (χ2v) is 8.30. The lowest BCUT2D eigenvalue weighted by Gasteiger charge is -2.33. The molecule has 1 saturated heterocycles. The van der Waals surface area contributed by atoms with Gasteiger partial charge in [-0.25, -0.2) is 8.42 Å². The molecule has 128 valence electrons. The van der Waals surface area contributed by atoms with E-state index in [2.05, 4.69) is 5.10 Å². The predicted octanol–water partition coefficient (Wildman–Crippen LogP) is 2.07. The van der Waals surface area contributed by atoms with Crippen molar-refractivity contribution in [2.75, 3.05) is 19.3 Å². The summed E-state index contributed by atoms with van der Waals surface area (Å²) in [4.78, 5) is 14.9. The number of sulfone groups is 1. The fraction of sp³-hybridized carbons (Fsp3) is 0.412. The summed E-state index contributed by atoms with van der Waals surface area (Å²) in [5.74, 6) is -0.116. The monoisotopic (exact) mass is 347 g/mol. The van der Waals surface area contributed by atoms with E-state index in [0.29, 0.717) is 18.7 Å². The maximum Gasteiger partial charge on any atom is 0.254 e. The molecular formula is C17H21N3O3S. The molecule has 0 radical (unpaired) electrons. The highest BCUT2D eigenvalue weighted by molar-refractivity contribution is 7.90. The number of hydrogen-bond donors (Lipinski definition) is 0. The van der Waals surface area contributed by atoms with Crippen LogP contribution in [0.15, 0.2) is 41.6 Å². The molecule has 2 aromatic rings. The van der Waals surface area contributed by atoms with Gasteiger partial charge in [0, 0.05) is 37.3 Å². The number of likely N-dealkylation sites (tertiary alicyclic amines) is 1. The van der Waals surface area contributed by atoms with Crippen LogP contribution < -0.4 is 0 Å². The zero-order valence-corrected chi connectivity index (χ0v) is 14.7. The van der Waals surface area contributed by atoms with Gasteiger partial charge in [-0.15, -0.1) is 0 Å². The Hall–Kier alpha value is -2.15. The average Bonchev–Trinajstić information content (AvgIpc) is 3.08. The number of carbonyl (C=O) groups excluding carboxylic acids is 1. The van der Waals surface area contributed by atoms with Gasteiger partial charge >= 0.3 is 0 Å². The molecule has 1 aliphatic heterocycles. The molecule has 0 saturated carbocycles. The Labute approximate surface area is 142 Å². The van der Waals surface area contributed by atoms with Crippen LogP contribution in [0.2, 0.25) is 0 Å². The van der Waals surface area contributed by atoms with Crippen molar-refractivity contribution in [2.45, 2.75) is 30.7 Å². The lowest BCUT2D eigenvalue weighted by molar-refractivity contribution is 0.0672. The van der Waals surface area contributed by atoms with Gasteiger partial charge in [0.15, 0.2) is 9.84 Å². The Balaban J connectivity index is 1.86. The fourth-order valence-corrected chi connectivity index (χ4v) is 3.73. The van der Waals surface area contributed by atoms with Crippen molar-refractivity contribution in [2.24, 2.45) is 0 Å². The molecule has 1 atom stereocenters. The maximum atomic E-state index is 12.9. The molecule has 0 N–H and O–H groups in total. The van der Waals surface area contributed by atoms with E-state index in [-0.39, 0.29) is 16.8 Å². The minimum absolute atomic E-state index is 0.116. The van der Waals surface area contributed by atoms with E-state index in [1.165, 1.54) is 6.07 Å². The molecule has 1 aromatic heterocycles. The Bertz CT molecular complexity index is 844. The van der Waals surface area contributed by atoms with Gasteiger partial charge in [-0.1, -0.05) is 6.07 Å². The predicted molar refractivity (Wildman–Crippen MR) is 90.7 cm³/mol. The molecule has 2 heterocycles. The Morgan fingerprint density at radius 2 is 2.12 bits per heavy atom. The molecule has 1 amide bonds. The number of amides is 1. The maximum absolute atomic E-state index is 12.9. The topological polar surface area (TPSA) is 72.3 Å². The van der Waals surface area contributed by atoms with Crippen LogP contribution in [0.4, 0.5) is 0 Å². The van der Waals surface area contributed by atoms with Crippen LogP contribution in [0.1, 0.15) is 34.8 Å². The molecule has 0 aliphatic carbocycles. The highest BCUT2D eigenvalue weighted by atomic mass is 32.2. The van der Waals surface area contributed by atoms with Gasteiger partial charge in [-0.2, -0.15) is 5.10 Å². The van der Waals surface area contributed by atoms with Crippen LogP contribution in [-0.4, -0.2) is 48.4 Å². The number of rotatable bonds is 3. The van der Waals surface area contributed by atoms with Gasteiger partial charge in [0.1, 0.15) is 0 Å². The normalized spacial score (nSPS) is 18.6. The number of aryl methyl sites for hydroxylation is 1. The summed E-state index contributed by atoms with van der Waals surface area (Å²) in [6.07, 6.45) is 6.68. The van der Waals surface area contributed by atoms with Crippen LogP contribution in [0.25, 0.3) is 0 Å². The number of carbonyl (C=O) groups is 1. The van der Waals surface area contributed by atoms with Gasteiger partial charge in [0.2, 0.25) is 0 Å². The summed E-state index contributed by atoms with van der Waals surface area (Å²) >= 11 is 0. The number of piperidine rings is 1. The summed E-state index contributed by atoms with van der Waals surface area (Å²) in [6, 6.07) is 6.77. The Kier molecular flexibility index (Phi) is 4.45. The van der Waals surface area contributed by atoms with Crippen LogP contribution in [-0.2, 0) is 9.84 Å². The van der Waals surface area contributed by atoms with Gasteiger partial charge < -0.3 is 4.90 Å². The van der Waals surface area contributed by atoms with Crippen LogP contribution in [0.3, 0.4) is 0 Å². The van der Waals surface area contributed by atoms with Gasteiger partial charge in [0.25, 0.3) is 5.91 Å². The summed E-state index contributed by atoms with van der Waals surface area (Å²) < 4.78 is 25.4. The zero-order valence-electron chi connectivity index (χ0n) is 13.8. The molecule has 0 spiro atoms. The quantitative estimate of drug-likeness (QED) is 0.852. The summed E-state index contributed by atoms with van der Waals surface area (Å²) in [6.45, 7) is 3.09. The van der Waals surface area contributed by atoms with Crippen molar-refractivity contribution in [1.29, 1.82) is 0 Å². The average molecular weight is 347 g/mol. The SMILES string of the molecule is Cc1ccc(S(C)(=O)=O)cc1C(=O)N1CCC[C@@H](n2cccn2)C1. The molecule has 3 rings (SSSR count). The zero-order chi connectivity index (χ0) is 17.3. The smallest absolute Gasteiger partial charge is 0.254 e. The first-order valence-electron chi connectivity index (χ1n) is 7.95. The van der Waals surface area contributed by atoms with Crippen molar-refractivity contribution in [1.82, 2.24) is 14.7 Å². The molecule has 6 nitrogen and oxygen atoms in total. The number of benzene rings is 1. The minimum Gasteiger partial charge on any atom is -0.336 e. The third-order valence-corrected chi connectivity index (χ3v) is 5.56. The summed E-state index contributed by atoms with van der Waals surface area (Å²) in [5, 5.41) is 4.27. The number of aromatic nitrogens is 2. The van der Waals surface area contributed by atoms with E-state index in [0.717, 1.165) is 24.7 Å². The lowest BCUT2D eigenvalue weighted by Crippen LogP contribution is -2.41. The van der Waals surface area contributed by atoms with E-state index in [1.54, 1.807) is 23.2 Å². The van der Waals surface area contributed by atoms with Crippen molar-refractivity contribution in [3.63, 3.8) is 0 Å². The van der Waals surface area contributed by atoms with Gasteiger partial charge in [0.05, 0.1) is 10.9 Å². The van der Waals surface area contributed by atoms with E-state index in [9.17, 15) is 13.2 Å². The highest BCUT2D eigenvalue weighted by Gasteiger charge is 2.27. The van der Waals surface area contributed by atoms with Crippen LogP contribution in [0, 0.1) is 6.92 Å². The third kappa shape index (κ3) is 3.36. The van der Waals surface area contributed by atoms with Gasteiger partial charge in [-0.05, 0) is 43.5 Å². The molecule has 7 heteroatoms. The second-order valence-electron chi connectivity index (χ2n) is 6.28. The van der Waals surface area contributed by atoms with Gasteiger partial charge in [-0.3, -0.25) is 9.48 Å².